The number of carbonyl (C=O) groups excluding carboxylic acids is 1. The number of thiazole rings is 1. The third kappa shape index (κ3) is 4.36. The number of thioether (sulfide) groups is 1. The fourth-order valence-corrected chi connectivity index (χ4v) is 4.74. The van der Waals surface area contributed by atoms with Crippen LogP contribution in [-0.2, 0) is 9.53 Å². The first-order valence-electron chi connectivity index (χ1n) is 6.89. The van der Waals surface area contributed by atoms with Crippen LogP contribution in [0.15, 0.2) is 9.72 Å². The minimum absolute atomic E-state index is 0.00437. The summed E-state index contributed by atoms with van der Waals surface area (Å²) in [5.74, 6) is -0.871. The summed E-state index contributed by atoms with van der Waals surface area (Å²) in [6, 6.07) is 0. The molecule has 0 bridgehead atoms. The molecule has 0 atom stereocenters. The molecule has 2 rings (SSSR count). The Morgan fingerprint density at radius 1 is 1.50 bits per heavy atom. The normalized spacial score (nSPS) is 17.0. The maximum absolute atomic E-state index is 12.0. The van der Waals surface area contributed by atoms with Crippen molar-refractivity contribution in [3.63, 3.8) is 0 Å². The minimum Gasteiger partial charge on any atom is -0.481 e. The Balaban J connectivity index is 2.02. The Morgan fingerprint density at radius 3 is 2.59 bits per heavy atom. The van der Waals surface area contributed by atoms with Gasteiger partial charge >= 0.3 is 12.1 Å². The number of hydrogen-bond donors (Lipinski definition) is 1. The number of carboxylic acids is 1. The Hall–Kier alpha value is -1.28. The number of carboxylic acid groups (broad SMARTS) is 1. The zero-order valence-corrected chi connectivity index (χ0v) is 14.7. The summed E-state index contributed by atoms with van der Waals surface area (Å²) in [6.45, 7) is 8.04. The van der Waals surface area contributed by atoms with E-state index in [-0.39, 0.29) is 6.42 Å². The van der Waals surface area contributed by atoms with Crippen LogP contribution in [0.4, 0.5) is 4.79 Å². The lowest BCUT2D eigenvalue weighted by Gasteiger charge is -2.48. The van der Waals surface area contributed by atoms with Gasteiger partial charge in [0.15, 0.2) is 4.34 Å². The van der Waals surface area contributed by atoms with Crippen molar-refractivity contribution >= 4 is 35.2 Å². The van der Waals surface area contributed by atoms with E-state index in [0.29, 0.717) is 13.1 Å². The van der Waals surface area contributed by atoms with Crippen LogP contribution < -0.4 is 0 Å². The molecule has 1 saturated heterocycles. The number of nitrogens with zero attached hydrogens (tertiary/aromatic N) is 2. The first-order chi connectivity index (χ1) is 10.1. The molecule has 22 heavy (non-hydrogen) atoms. The van der Waals surface area contributed by atoms with Crippen LogP contribution in [-0.4, -0.2) is 50.5 Å². The van der Waals surface area contributed by atoms with Crippen molar-refractivity contribution in [1.29, 1.82) is 0 Å². The largest absolute Gasteiger partial charge is 0.481 e. The van der Waals surface area contributed by atoms with Crippen molar-refractivity contribution in [2.24, 2.45) is 0 Å². The number of aliphatic carboxylic acids is 1. The average Bonchev–Trinajstić information content (AvgIpc) is 2.67. The number of amides is 1. The maximum Gasteiger partial charge on any atom is 0.410 e. The van der Waals surface area contributed by atoms with Crippen LogP contribution in [0.1, 0.15) is 32.9 Å². The fourth-order valence-electron chi connectivity index (χ4n) is 2.16. The van der Waals surface area contributed by atoms with E-state index >= 15 is 0 Å². The smallest absolute Gasteiger partial charge is 0.410 e. The number of aromatic nitrogens is 1. The van der Waals surface area contributed by atoms with Gasteiger partial charge < -0.3 is 14.7 Å². The molecule has 0 aromatic carbocycles. The predicted octanol–water partition coefficient (Wildman–Crippen LogP) is 3.01. The van der Waals surface area contributed by atoms with E-state index in [0.717, 1.165) is 10.0 Å². The number of likely N-dealkylation sites (tertiary alicyclic amines) is 1. The first-order valence-corrected chi connectivity index (χ1v) is 8.59. The van der Waals surface area contributed by atoms with Gasteiger partial charge in [-0.2, -0.15) is 0 Å². The van der Waals surface area contributed by atoms with E-state index in [1.807, 2.05) is 33.1 Å². The average molecular weight is 344 g/mol. The highest BCUT2D eigenvalue weighted by molar-refractivity contribution is 8.02. The highest BCUT2D eigenvalue weighted by Gasteiger charge is 2.49. The summed E-state index contributed by atoms with van der Waals surface area (Å²) >= 11 is 2.94. The maximum atomic E-state index is 12.0. The lowest BCUT2D eigenvalue weighted by atomic mass is 9.95. The predicted molar refractivity (Wildman–Crippen MR) is 85.5 cm³/mol. The van der Waals surface area contributed by atoms with Crippen LogP contribution in [0.2, 0.25) is 0 Å². The van der Waals surface area contributed by atoms with Crippen LogP contribution in [0, 0.1) is 6.92 Å². The van der Waals surface area contributed by atoms with Crippen molar-refractivity contribution in [2.75, 3.05) is 13.1 Å². The molecule has 1 amide bonds. The van der Waals surface area contributed by atoms with Crippen molar-refractivity contribution in [2.45, 2.75) is 48.8 Å². The molecule has 1 N–H and O–H groups in total. The van der Waals surface area contributed by atoms with Gasteiger partial charge in [0.25, 0.3) is 0 Å². The summed E-state index contributed by atoms with van der Waals surface area (Å²) in [4.78, 5) is 29.1. The van der Waals surface area contributed by atoms with Gasteiger partial charge in [0.1, 0.15) is 5.60 Å². The van der Waals surface area contributed by atoms with E-state index in [4.69, 9.17) is 9.84 Å². The van der Waals surface area contributed by atoms with Crippen LogP contribution in [0.25, 0.3) is 0 Å². The van der Waals surface area contributed by atoms with Gasteiger partial charge in [-0.05, 0) is 27.7 Å². The quantitative estimate of drug-likeness (QED) is 0.904. The number of carbonyl (C=O) groups is 2. The highest BCUT2D eigenvalue weighted by atomic mass is 32.2. The molecule has 122 valence electrons. The highest BCUT2D eigenvalue weighted by Crippen LogP contribution is 2.44. The number of aryl methyl sites for hydroxylation is 1. The lowest BCUT2D eigenvalue weighted by molar-refractivity contribution is -0.138. The van der Waals surface area contributed by atoms with E-state index in [1.165, 1.54) is 23.1 Å². The molecule has 1 fully saturated rings. The Labute approximate surface area is 137 Å². The molecule has 0 unspecified atom stereocenters. The number of hydrogen-bond acceptors (Lipinski definition) is 6. The van der Waals surface area contributed by atoms with Crippen molar-refractivity contribution < 1.29 is 19.4 Å². The van der Waals surface area contributed by atoms with Crippen molar-refractivity contribution in [1.82, 2.24) is 9.88 Å². The summed E-state index contributed by atoms with van der Waals surface area (Å²) in [5, 5.41) is 11.1. The van der Waals surface area contributed by atoms with E-state index in [2.05, 4.69) is 4.98 Å². The molecule has 1 aliphatic rings. The van der Waals surface area contributed by atoms with Gasteiger partial charge in [-0.15, -0.1) is 11.3 Å². The van der Waals surface area contributed by atoms with Crippen LogP contribution in [0.5, 0.6) is 0 Å². The number of rotatable bonds is 4. The van der Waals surface area contributed by atoms with Crippen molar-refractivity contribution in [3.8, 4) is 0 Å². The van der Waals surface area contributed by atoms with Gasteiger partial charge in [-0.1, -0.05) is 11.8 Å². The molecule has 0 saturated carbocycles. The molecular formula is C14H20N2O4S2. The summed E-state index contributed by atoms with van der Waals surface area (Å²) in [5.41, 5.74) is 0.364. The second-order valence-electron chi connectivity index (χ2n) is 6.45. The van der Waals surface area contributed by atoms with Crippen LogP contribution in [0.3, 0.4) is 0 Å². The van der Waals surface area contributed by atoms with E-state index < -0.39 is 22.4 Å². The second-order valence-corrected chi connectivity index (χ2v) is 9.02. The van der Waals surface area contributed by atoms with Gasteiger partial charge in [-0.25, -0.2) is 9.78 Å². The topological polar surface area (TPSA) is 79.7 Å². The molecule has 1 aromatic rings. The molecule has 0 radical (unpaired) electrons. The van der Waals surface area contributed by atoms with Gasteiger partial charge in [0.05, 0.1) is 11.2 Å². The standard InChI is InChI=1S/C14H20N2O4S2/c1-9-6-21-11(15-9)22-14(5-10(17)18)7-16(8-14)12(19)20-13(2,3)4/h6H,5,7-8H2,1-4H3,(H,17,18). The lowest BCUT2D eigenvalue weighted by Crippen LogP contribution is -2.62. The SMILES string of the molecule is Cc1csc(SC2(CC(=O)O)CN(C(=O)OC(C)(C)C)C2)n1. The molecule has 6 nitrogen and oxygen atoms in total. The zero-order valence-electron chi connectivity index (χ0n) is 13.1. The Bertz CT molecular complexity index is 574. The molecule has 1 aromatic heterocycles. The van der Waals surface area contributed by atoms with Gasteiger partial charge in [-0.3, -0.25) is 4.79 Å². The van der Waals surface area contributed by atoms with Gasteiger partial charge in [0, 0.05) is 24.2 Å². The van der Waals surface area contributed by atoms with E-state index in [9.17, 15) is 9.59 Å². The first kappa shape index (κ1) is 17.1. The minimum atomic E-state index is -0.871. The van der Waals surface area contributed by atoms with Crippen LogP contribution >= 0.6 is 23.1 Å². The molecule has 8 heteroatoms. The monoisotopic (exact) mass is 344 g/mol. The fraction of sp³-hybridized carbons (Fsp3) is 0.643. The third-order valence-corrected chi connectivity index (χ3v) is 5.38. The molecule has 2 heterocycles. The second kappa shape index (κ2) is 6.08. The number of ether oxygens (including phenoxy) is 1. The van der Waals surface area contributed by atoms with E-state index in [1.54, 1.807) is 4.90 Å². The molecule has 0 aliphatic carbocycles. The third-order valence-electron chi connectivity index (χ3n) is 2.98. The molecular weight excluding hydrogens is 324 g/mol. The Kier molecular flexibility index (Phi) is 4.72. The zero-order chi connectivity index (χ0) is 16.5. The van der Waals surface area contributed by atoms with Gasteiger partial charge in [0.2, 0.25) is 0 Å². The summed E-state index contributed by atoms with van der Waals surface area (Å²) in [7, 11) is 0. The molecule has 0 spiro atoms. The summed E-state index contributed by atoms with van der Waals surface area (Å²) < 4.78 is 5.63. The molecule has 1 aliphatic heterocycles. The Morgan fingerprint density at radius 2 is 2.14 bits per heavy atom. The van der Waals surface area contributed by atoms with Crippen molar-refractivity contribution in [3.05, 3.63) is 11.1 Å². The summed E-state index contributed by atoms with van der Waals surface area (Å²) in [6.07, 6.45) is -0.403.